The maximum atomic E-state index is 11.7. The molecule has 0 bridgehead atoms. The fourth-order valence-electron chi connectivity index (χ4n) is 5.14. The van der Waals surface area contributed by atoms with Crippen molar-refractivity contribution in [3.05, 3.63) is 11.6 Å². The molecule has 1 saturated carbocycles. The fraction of sp³-hybridized carbons (Fsp3) is 0.893. The van der Waals surface area contributed by atoms with Gasteiger partial charge in [-0.05, 0) is 57.3 Å². The second-order valence-corrected chi connectivity index (χ2v) is 10.6. The maximum absolute atomic E-state index is 11.7. The van der Waals surface area contributed by atoms with Crippen molar-refractivity contribution in [3.8, 4) is 0 Å². The Labute approximate surface area is 198 Å². The molecule has 0 aromatic carbocycles. The van der Waals surface area contributed by atoms with E-state index in [0.29, 0.717) is 19.4 Å². The molecule has 188 valence electrons. The number of aliphatic hydroxyl groups is 2. The summed E-state index contributed by atoms with van der Waals surface area (Å²) in [7, 11) is 0. The molecule has 1 unspecified atom stereocenters. The molecule has 32 heavy (non-hydrogen) atoms. The number of hydrogen-bond acceptors (Lipinski definition) is 4. The van der Waals surface area contributed by atoms with Gasteiger partial charge in [-0.25, -0.2) is 0 Å². The standard InChI is InChI=1S/C28H52O4/c1-6-9-20-27(4,5)28(31,21-10-7-2)22-19-23-17-18-25(29)24(23)15-13-11-12-14-16-26(30)32-8-3/h19,24-25,29,31H,6-18,20-22H2,1-5H3/t24-,25-,28?/m1/s1. The van der Waals surface area contributed by atoms with Crippen molar-refractivity contribution in [1.82, 2.24) is 0 Å². The van der Waals surface area contributed by atoms with Crippen molar-refractivity contribution in [1.29, 1.82) is 0 Å². The lowest BCUT2D eigenvalue weighted by molar-refractivity contribution is -0.143. The largest absolute Gasteiger partial charge is 0.466 e. The molecule has 0 aromatic rings. The topological polar surface area (TPSA) is 66.8 Å². The highest BCUT2D eigenvalue weighted by molar-refractivity contribution is 5.69. The van der Waals surface area contributed by atoms with Crippen LogP contribution < -0.4 is 0 Å². The van der Waals surface area contributed by atoms with Crippen LogP contribution in [0.2, 0.25) is 0 Å². The summed E-state index contributed by atoms with van der Waals surface area (Å²) in [5.74, 6) is 0.135. The third kappa shape index (κ3) is 9.55. The number of esters is 1. The van der Waals surface area contributed by atoms with Gasteiger partial charge in [0.05, 0.1) is 18.3 Å². The Balaban J connectivity index is 2.64. The van der Waals surface area contributed by atoms with Crippen LogP contribution in [-0.2, 0) is 9.53 Å². The molecule has 1 rings (SSSR count). The number of carbonyl (C=O) groups is 1. The summed E-state index contributed by atoms with van der Waals surface area (Å²) in [6, 6.07) is 0. The van der Waals surface area contributed by atoms with Crippen LogP contribution in [0.1, 0.15) is 131 Å². The van der Waals surface area contributed by atoms with E-state index in [-0.39, 0.29) is 23.4 Å². The van der Waals surface area contributed by atoms with Crippen LogP contribution in [0, 0.1) is 11.3 Å². The average Bonchev–Trinajstić information content (AvgIpc) is 3.11. The fourth-order valence-corrected chi connectivity index (χ4v) is 5.14. The summed E-state index contributed by atoms with van der Waals surface area (Å²) in [6.07, 6.45) is 16.4. The third-order valence-corrected chi connectivity index (χ3v) is 7.68. The van der Waals surface area contributed by atoms with Gasteiger partial charge in [-0.1, -0.05) is 84.3 Å². The van der Waals surface area contributed by atoms with Crippen LogP contribution in [0.25, 0.3) is 0 Å². The van der Waals surface area contributed by atoms with Gasteiger partial charge in [0.25, 0.3) is 0 Å². The molecule has 1 fully saturated rings. The summed E-state index contributed by atoms with van der Waals surface area (Å²) in [5.41, 5.74) is 0.558. The van der Waals surface area contributed by atoms with E-state index in [1.807, 2.05) is 6.92 Å². The van der Waals surface area contributed by atoms with Crippen molar-refractivity contribution in [2.45, 2.75) is 143 Å². The van der Waals surface area contributed by atoms with Crippen LogP contribution >= 0.6 is 0 Å². The smallest absolute Gasteiger partial charge is 0.305 e. The Morgan fingerprint density at radius 1 is 1.03 bits per heavy atom. The number of ether oxygens (including phenoxy) is 1. The Kier molecular flexibility index (Phi) is 13.8. The van der Waals surface area contributed by atoms with Crippen LogP contribution in [0.15, 0.2) is 11.6 Å². The Morgan fingerprint density at radius 3 is 2.34 bits per heavy atom. The van der Waals surface area contributed by atoms with Gasteiger partial charge in [0, 0.05) is 12.3 Å². The van der Waals surface area contributed by atoms with E-state index < -0.39 is 5.60 Å². The van der Waals surface area contributed by atoms with Gasteiger partial charge < -0.3 is 14.9 Å². The van der Waals surface area contributed by atoms with Gasteiger partial charge in [0.15, 0.2) is 0 Å². The van der Waals surface area contributed by atoms with Crippen molar-refractivity contribution >= 4 is 5.97 Å². The highest BCUT2D eigenvalue weighted by Gasteiger charge is 2.42. The molecule has 1 aliphatic carbocycles. The van der Waals surface area contributed by atoms with Gasteiger partial charge in [-0.2, -0.15) is 0 Å². The second kappa shape index (κ2) is 15.1. The van der Waals surface area contributed by atoms with Crippen LogP contribution in [0.3, 0.4) is 0 Å². The molecule has 0 aliphatic heterocycles. The lowest BCUT2D eigenvalue weighted by Gasteiger charge is -2.43. The Bertz CT molecular complexity index is 554. The van der Waals surface area contributed by atoms with Crippen LogP contribution in [-0.4, -0.2) is 34.5 Å². The monoisotopic (exact) mass is 452 g/mol. The molecule has 0 heterocycles. The highest BCUT2D eigenvalue weighted by atomic mass is 16.5. The van der Waals surface area contributed by atoms with E-state index in [2.05, 4.69) is 33.8 Å². The first-order valence-corrected chi connectivity index (χ1v) is 13.5. The normalized spacial score (nSPS) is 22.3. The Morgan fingerprint density at radius 2 is 1.69 bits per heavy atom. The first kappa shape index (κ1) is 29.2. The minimum atomic E-state index is -0.684. The zero-order valence-electron chi connectivity index (χ0n) is 21.8. The minimum absolute atomic E-state index is 0.0960. The van der Waals surface area contributed by atoms with Crippen molar-refractivity contribution < 1.29 is 19.7 Å². The van der Waals surface area contributed by atoms with E-state index in [9.17, 15) is 15.0 Å². The molecule has 0 aromatic heterocycles. The molecule has 4 nitrogen and oxygen atoms in total. The maximum Gasteiger partial charge on any atom is 0.305 e. The SMILES string of the molecule is CCCCC(C)(C)C(O)(CC=C1CC[C@@H](O)[C@@H]1CCCCCCC(=O)OCC)CCCC. The van der Waals surface area contributed by atoms with E-state index >= 15 is 0 Å². The first-order valence-electron chi connectivity index (χ1n) is 13.5. The quantitative estimate of drug-likeness (QED) is 0.140. The zero-order valence-corrected chi connectivity index (χ0v) is 21.8. The van der Waals surface area contributed by atoms with E-state index in [0.717, 1.165) is 83.5 Å². The summed E-state index contributed by atoms with van der Waals surface area (Å²) >= 11 is 0. The number of unbranched alkanes of at least 4 members (excludes halogenated alkanes) is 5. The predicted molar refractivity (Wildman–Crippen MR) is 134 cm³/mol. The summed E-state index contributed by atoms with van der Waals surface area (Å²) in [5, 5.41) is 22.3. The number of aliphatic hydroxyl groups excluding tert-OH is 1. The van der Waals surface area contributed by atoms with Crippen LogP contribution in [0.5, 0.6) is 0 Å². The molecule has 4 heteroatoms. The predicted octanol–water partition coefficient (Wildman–Crippen LogP) is 7.12. The van der Waals surface area contributed by atoms with Crippen molar-refractivity contribution in [2.24, 2.45) is 11.3 Å². The lowest BCUT2D eigenvalue weighted by atomic mass is 9.67. The summed E-state index contributed by atoms with van der Waals surface area (Å²) in [4.78, 5) is 11.4. The van der Waals surface area contributed by atoms with Gasteiger partial charge in [0.1, 0.15) is 0 Å². The molecule has 0 spiro atoms. The van der Waals surface area contributed by atoms with Gasteiger partial charge in [-0.15, -0.1) is 0 Å². The molecule has 3 atom stereocenters. The molecule has 2 N–H and O–H groups in total. The van der Waals surface area contributed by atoms with Crippen LogP contribution in [0.4, 0.5) is 0 Å². The first-order chi connectivity index (χ1) is 15.2. The van der Waals surface area contributed by atoms with E-state index in [4.69, 9.17) is 4.74 Å². The highest BCUT2D eigenvalue weighted by Crippen LogP contribution is 2.44. The number of carbonyl (C=O) groups excluding carboxylic acids is 1. The number of rotatable bonds is 17. The molecular formula is C28H52O4. The Hall–Kier alpha value is -0.870. The zero-order chi connectivity index (χ0) is 24.0. The third-order valence-electron chi connectivity index (χ3n) is 7.68. The van der Waals surface area contributed by atoms with Crippen molar-refractivity contribution in [2.75, 3.05) is 6.61 Å². The average molecular weight is 453 g/mol. The van der Waals surface area contributed by atoms with Gasteiger partial charge >= 0.3 is 5.97 Å². The minimum Gasteiger partial charge on any atom is -0.466 e. The molecular weight excluding hydrogens is 400 g/mol. The molecule has 0 saturated heterocycles. The molecule has 1 aliphatic rings. The van der Waals surface area contributed by atoms with E-state index in [1.54, 1.807) is 0 Å². The number of hydrogen-bond donors (Lipinski definition) is 2. The lowest BCUT2D eigenvalue weighted by Crippen LogP contribution is -2.44. The molecule has 0 amide bonds. The van der Waals surface area contributed by atoms with Gasteiger partial charge in [-0.3, -0.25) is 4.79 Å². The molecule has 0 radical (unpaired) electrons. The summed E-state index contributed by atoms with van der Waals surface area (Å²) in [6.45, 7) is 11.2. The van der Waals surface area contributed by atoms with Gasteiger partial charge in [0.2, 0.25) is 0 Å². The van der Waals surface area contributed by atoms with Crippen molar-refractivity contribution in [3.63, 3.8) is 0 Å². The second-order valence-electron chi connectivity index (χ2n) is 10.6. The summed E-state index contributed by atoms with van der Waals surface area (Å²) < 4.78 is 4.98. The van der Waals surface area contributed by atoms with E-state index in [1.165, 1.54) is 5.57 Å².